The number of likely N-dealkylation sites (N-methyl/N-ethyl adjacent to an activating group) is 1. The van der Waals surface area contributed by atoms with Crippen molar-refractivity contribution in [2.75, 3.05) is 6.54 Å². The van der Waals surface area contributed by atoms with Crippen molar-refractivity contribution < 1.29 is 14.7 Å². The molecule has 8 nitrogen and oxygen atoms in total. The molecule has 0 aliphatic heterocycles. The van der Waals surface area contributed by atoms with Gasteiger partial charge in [-0.2, -0.15) is 20.8 Å². The topological polar surface area (TPSA) is 130 Å². The molecule has 31 heavy (non-hydrogen) atoms. The zero-order valence-electron chi connectivity index (χ0n) is 17.2. The van der Waals surface area contributed by atoms with E-state index in [0.29, 0.717) is 15.6 Å². The fourth-order valence-electron chi connectivity index (χ4n) is 3.21. The lowest BCUT2D eigenvalue weighted by Crippen LogP contribution is -2.41. The minimum atomic E-state index is -1.57. The Morgan fingerprint density at radius 1 is 1.13 bits per heavy atom. The third kappa shape index (κ3) is 5.44. The summed E-state index contributed by atoms with van der Waals surface area (Å²) < 4.78 is 0. The fraction of sp³-hybridized carbons (Fsp3) is 0.273. The minimum Gasteiger partial charge on any atom is -0.465 e. The number of azo groups is 1. The predicted molar refractivity (Wildman–Crippen MR) is 114 cm³/mol. The van der Waals surface area contributed by atoms with Gasteiger partial charge in [0.2, 0.25) is 6.04 Å². The molecule has 0 fully saturated rings. The molecule has 0 saturated carbocycles. The normalized spacial score (nSPS) is 12.6. The third-order valence-electron chi connectivity index (χ3n) is 4.66. The molecule has 0 aromatic heterocycles. The van der Waals surface area contributed by atoms with E-state index in [-0.39, 0.29) is 6.54 Å². The van der Waals surface area contributed by atoms with E-state index in [1.54, 1.807) is 42.5 Å². The van der Waals surface area contributed by atoms with Crippen molar-refractivity contribution in [2.24, 2.45) is 10.2 Å². The standard InChI is InChI=1S/C22H20ClN5O3/c1-4-28(22(30)31)21(29)19(12-25)27-26-17-9-13(2)20(14(3)10-17)18(11-24)15-5-7-16(23)8-6-15/h5-10,18-19H,4H2,1-3H3,(H,30,31). The van der Waals surface area contributed by atoms with Gasteiger partial charge < -0.3 is 5.11 Å². The molecule has 2 aromatic rings. The molecular weight excluding hydrogens is 418 g/mol. The molecule has 2 rings (SSSR count). The van der Waals surface area contributed by atoms with Crippen LogP contribution in [0.4, 0.5) is 10.5 Å². The van der Waals surface area contributed by atoms with Crippen molar-refractivity contribution in [1.29, 1.82) is 10.5 Å². The second kappa shape index (κ2) is 10.3. The number of halogens is 1. The van der Waals surface area contributed by atoms with E-state index >= 15 is 0 Å². The van der Waals surface area contributed by atoms with Gasteiger partial charge in [-0.3, -0.25) is 4.79 Å². The average Bonchev–Trinajstić information content (AvgIpc) is 2.72. The summed E-state index contributed by atoms with van der Waals surface area (Å²) in [6, 6.07) is 12.8. The Balaban J connectivity index is 2.36. The number of carbonyl (C=O) groups is 2. The second-order valence-electron chi connectivity index (χ2n) is 6.72. The second-order valence-corrected chi connectivity index (χ2v) is 7.16. The van der Waals surface area contributed by atoms with Crippen LogP contribution in [-0.4, -0.2) is 34.6 Å². The van der Waals surface area contributed by atoms with E-state index in [0.717, 1.165) is 22.3 Å². The first-order valence-corrected chi connectivity index (χ1v) is 9.72. The van der Waals surface area contributed by atoms with Gasteiger partial charge in [-0.25, -0.2) is 9.69 Å². The van der Waals surface area contributed by atoms with Crippen LogP contribution in [-0.2, 0) is 4.79 Å². The highest BCUT2D eigenvalue weighted by molar-refractivity contribution is 6.30. The predicted octanol–water partition coefficient (Wildman–Crippen LogP) is 5.11. The number of nitrogens with zero attached hydrogens (tertiary/aromatic N) is 5. The number of amides is 2. The van der Waals surface area contributed by atoms with E-state index in [4.69, 9.17) is 16.7 Å². The van der Waals surface area contributed by atoms with Gasteiger partial charge in [0.1, 0.15) is 6.07 Å². The van der Waals surface area contributed by atoms with Crippen LogP contribution in [0.1, 0.15) is 35.1 Å². The van der Waals surface area contributed by atoms with Gasteiger partial charge in [0, 0.05) is 11.6 Å². The number of hydrogen-bond acceptors (Lipinski definition) is 6. The van der Waals surface area contributed by atoms with Gasteiger partial charge in [-0.15, -0.1) is 0 Å². The molecule has 0 spiro atoms. The van der Waals surface area contributed by atoms with Crippen molar-refractivity contribution in [3.63, 3.8) is 0 Å². The number of rotatable bonds is 6. The summed E-state index contributed by atoms with van der Waals surface area (Å²) in [5.74, 6) is -1.47. The van der Waals surface area contributed by atoms with Crippen LogP contribution in [0, 0.1) is 36.5 Å². The molecule has 2 amide bonds. The third-order valence-corrected chi connectivity index (χ3v) is 4.91. The first-order valence-electron chi connectivity index (χ1n) is 9.34. The van der Waals surface area contributed by atoms with Crippen LogP contribution in [0.5, 0.6) is 0 Å². The SMILES string of the molecule is CCN(C(=O)O)C(=O)C(C#N)N=Nc1cc(C)c(C(C#N)c2ccc(Cl)cc2)c(C)c1. The van der Waals surface area contributed by atoms with Gasteiger partial charge >= 0.3 is 6.09 Å². The quantitative estimate of drug-likeness (QED) is 0.627. The number of nitriles is 2. The Kier molecular flexibility index (Phi) is 7.84. The number of hydrogen-bond donors (Lipinski definition) is 1. The Hall–Kier alpha value is -3.75. The smallest absolute Gasteiger partial charge is 0.414 e. The number of carboxylic acid groups (broad SMARTS) is 1. The lowest BCUT2D eigenvalue weighted by atomic mass is 9.86. The van der Waals surface area contributed by atoms with Crippen LogP contribution in [0.2, 0.25) is 5.02 Å². The average molecular weight is 438 g/mol. The molecule has 0 heterocycles. The highest BCUT2D eigenvalue weighted by Crippen LogP contribution is 2.33. The van der Waals surface area contributed by atoms with Crippen LogP contribution in [0.25, 0.3) is 0 Å². The Labute approximate surface area is 185 Å². The molecule has 0 bridgehead atoms. The largest absolute Gasteiger partial charge is 0.465 e. The Morgan fingerprint density at radius 2 is 1.71 bits per heavy atom. The molecule has 9 heteroatoms. The maximum atomic E-state index is 12.2. The minimum absolute atomic E-state index is 0.102. The highest BCUT2D eigenvalue weighted by Gasteiger charge is 2.27. The van der Waals surface area contributed by atoms with E-state index in [2.05, 4.69) is 16.3 Å². The lowest BCUT2D eigenvalue weighted by molar-refractivity contribution is -0.129. The first-order chi connectivity index (χ1) is 14.7. The molecule has 2 atom stereocenters. The molecule has 0 radical (unpaired) electrons. The van der Waals surface area contributed by atoms with Gasteiger partial charge in [0.05, 0.1) is 17.7 Å². The summed E-state index contributed by atoms with van der Waals surface area (Å²) in [6.07, 6.45) is -1.45. The van der Waals surface area contributed by atoms with Crippen molar-refractivity contribution in [3.05, 3.63) is 63.7 Å². The molecule has 0 aliphatic carbocycles. The number of benzene rings is 2. The number of aryl methyl sites for hydroxylation is 2. The maximum Gasteiger partial charge on any atom is 0.414 e. The fourth-order valence-corrected chi connectivity index (χ4v) is 3.34. The van der Waals surface area contributed by atoms with E-state index in [1.807, 2.05) is 13.8 Å². The molecule has 0 aliphatic rings. The summed E-state index contributed by atoms with van der Waals surface area (Å²) >= 11 is 5.94. The van der Waals surface area contributed by atoms with E-state index in [1.165, 1.54) is 6.92 Å². The summed E-state index contributed by atoms with van der Waals surface area (Å²) in [5.41, 5.74) is 3.58. The number of carbonyl (C=O) groups excluding carboxylic acids is 1. The summed E-state index contributed by atoms with van der Waals surface area (Å²) in [7, 11) is 0. The zero-order chi connectivity index (χ0) is 23.1. The van der Waals surface area contributed by atoms with E-state index < -0.39 is 24.0 Å². The first kappa shape index (κ1) is 23.5. The highest BCUT2D eigenvalue weighted by atomic mass is 35.5. The van der Waals surface area contributed by atoms with Crippen LogP contribution in [0.15, 0.2) is 46.6 Å². The van der Waals surface area contributed by atoms with Gasteiger partial charge in [0.25, 0.3) is 5.91 Å². The molecule has 158 valence electrons. The molecule has 2 unspecified atom stereocenters. The number of imide groups is 1. The Morgan fingerprint density at radius 3 is 2.16 bits per heavy atom. The summed E-state index contributed by atoms with van der Waals surface area (Å²) in [5, 5.41) is 36.3. The molecular formula is C22H20ClN5O3. The van der Waals surface area contributed by atoms with Crippen molar-refractivity contribution in [1.82, 2.24) is 4.90 Å². The van der Waals surface area contributed by atoms with Crippen molar-refractivity contribution in [3.8, 4) is 12.1 Å². The van der Waals surface area contributed by atoms with Crippen LogP contribution < -0.4 is 0 Å². The van der Waals surface area contributed by atoms with Gasteiger partial charge in [-0.1, -0.05) is 23.7 Å². The van der Waals surface area contributed by atoms with E-state index in [9.17, 15) is 20.1 Å². The summed E-state index contributed by atoms with van der Waals surface area (Å²) in [6.45, 7) is 5.04. The summed E-state index contributed by atoms with van der Waals surface area (Å²) in [4.78, 5) is 23.8. The van der Waals surface area contributed by atoms with Crippen molar-refractivity contribution >= 4 is 29.3 Å². The maximum absolute atomic E-state index is 12.2. The van der Waals surface area contributed by atoms with Crippen molar-refractivity contribution in [2.45, 2.75) is 32.7 Å². The van der Waals surface area contributed by atoms with Crippen LogP contribution in [0.3, 0.4) is 0 Å². The molecule has 0 saturated heterocycles. The van der Waals surface area contributed by atoms with Crippen LogP contribution >= 0.6 is 11.6 Å². The Bertz CT molecular complexity index is 1080. The molecule has 1 N–H and O–H groups in total. The molecule has 2 aromatic carbocycles. The zero-order valence-corrected chi connectivity index (χ0v) is 18.0. The lowest BCUT2D eigenvalue weighted by Gasteiger charge is -2.17. The monoisotopic (exact) mass is 437 g/mol. The van der Waals surface area contributed by atoms with Gasteiger partial charge in [-0.05, 0) is 67.3 Å². The van der Waals surface area contributed by atoms with Gasteiger partial charge in [0.15, 0.2) is 0 Å².